The monoisotopic (exact) mass is 411 g/mol. The van der Waals surface area contributed by atoms with E-state index >= 15 is 0 Å². The molecule has 0 bridgehead atoms. The molecule has 0 radical (unpaired) electrons. The number of likely N-dealkylation sites (N-methyl/N-ethyl adjacent to an activating group) is 1. The van der Waals surface area contributed by atoms with Gasteiger partial charge in [-0.05, 0) is 57.2 Å². The number of para-hydroxylation sites is 1. The molecule has 1 aliphatic carbocycles. The zero-order valence-electron chi connectivity index (χ0n) is 18.8. The Hall–Kier alpha value is -3.02. The third-order valence-corrected chi connectivity index (χ3v) is 5.13. The fourth-order valence-electron chi connectivity index (χ4n) is 3.20. The van der Waals surface area contributed by atoms with Gasteiger partial charge in [0.05, 0.1) is 24.1 Å². The normalized spacial score (nSPS) is 15.3. The lowest BCUT2D eigenvalue weighted by Crippen LogP contribution is -2.28. The highest BCUT2D eigenvalue weighted by atomic mass is 16.5. The number of nitrogens with one attached hydrogen (secondary N) is 3. The molecule has 0 atom stereocenters. The molecule has 0 spiro atoms. The maximum absolute atomic E-state index is 12.6. The molecular weight excluding hydrogens is 378 g/mol. The van der Waals surface area contributed by atoms with E-state index in [1.165, 1.54) is 0 Å². The van der Waals surface area contributed by atoms with Crippen LogP contribution in [0.1, 0.15) is 45.6 Å². The van der Waals surface area contributed by atoms with Gasteiger partial charge in [0.1, 0.15) is 5.75 Å². The highest BCUT2D eigenvalue weighted by Gasteiger charge is 2.30. The van der Waals surface area contributed by atoms with Crippen molar-refractivity contribution >= 4 is 17.5 Å². The lowest BCUT2D eigenvalue weighted by molar-refractivity contribution is -0.121. The van der Waals surface area contributed by atoms with Gasteiger partial charge < -0.3 is 20.7 Å². The molecule has 162 valence electrons. The van der Waals surface area contributed by atoms with E-state index in [-0.39, 0.29) is 17.7 Å². The van der Waals surface area contributed by atoms with Crippen molar-refractivity contribution in [2.75, 3.05) is 19.5 Å². The number of hydrogen-bond donors (Lipinski definition) is 3. The van der Waals surface area contributed by atoms with E-state index in [0.717, 1.165) is 36.1 Å². The SMILES string of the molecule is C\C=C(C(=O)NC)/C(Nc1c(C)cccc1OC)=C(C)\C(=C\CC)NC(=O)C1CC1. The van der Waals surface area contributed by atoms with Crippen LogP contribution < -0.4 is 20.7 Å². The van der Waals surface area contributed by atoms with Crippen LogP contribution in [-0.4, -0.2) is 26.0 Å². The summed E-state index contributed by atoms with van der Waals surface area (Å²) in [4.78, 5) is 25.1. The molecule has 0 heterocycles. The second-order valence-electron chi connectivity index (χ2n) is 7.35. The van der Waals surface area contributed by atoms with Crippen LogP contribution in [0, 0.1) is 12.8 Å². The van der Waals surface area contributed by atoms with Gasteiger partial charge in [-0.2, -0.15) is 0 Å². The van der Waals surface area contributed by atoms with Crippen LogP contribution in [-0.2, 0) is 9.59 Å². The van der Waals surface area contributed by atoms with Crippen LogP contribution in [0.15, 0.2) is 52.9 Å². The first-order chi connectivity index (χ1) is 14.4. The van der Waals surface area contributed by atoms with E-state index in [9.17, 15) is 9.59 Å². The van der Waals surface area contributed by atoms with Gasteiger partial charge in [-0.15, -0.1) is 0 Å². The van der Waals surface area contributed by atoms with Crippen molar-refractivity contribution in [3.63, 3.8) is 0 Å². The van der Waals surface area contributed by atoms with Crippen LogP contribution in [0.4, 0.5) is 5.69 Å². The number of aryl methyl sites for hydroxylation is 1. The first-order valence-corrected chi connectivity index (χ1v) is 10.4. The maximum Gasteiger partial charge on any atom is 0.252 e. The maximum atomic E-state index is 12.6. The molecule has 30 heavy (non-hydrogen) atoms. The third-order valence-electron chi connectivity index (χ3n) is 5.13. The van der Waals surface area contributed by atoms with Gasteiger partial charge in [-0.1, -0.05) is 31.2 Å². The van der Waals surface area contributed by atoms with Gasteiger partial charge in [-0.25, -0.2) is 0 Å². The van der Waals surface area contributed by atoms with Crippen molar-refractivity contribution in [2.24, 2.45) is 5.92 Å². The molecule has 2 rings (SSSR count). The van der Waals surface area contributed by atoms with Crippen molar-refractivity contribution in [1.29, 1.82) is 0 Å². The van der Waals surface area contributed by atoms with E-state index in [1.807, 2.05) is 52.0 Å². The second-order valence-corrected chi connectivity index (χ2v) is 7.35. The Balaban J connectivity index is 2.60. The number of hydrogen-bond acceptors (Lipinski definition) is 4. The van der Waals surface area contributed by atoms with E-state index in [0.29, 0.717) is 22.7 Å². The summed E-state index contributed by atoms with van der Waals surface area (Å²) in [5.41, 5.74) is 4.38. The van der Waals surface area contributed by atoms with E-state index < -0.39 is 0 Å². The Morgan fingerprint density at radius 1 is 1.27 bits per heavy atom. The summed E-state index contributed by atoms with van der Waals surface area (Å²) in [5.74, 6) is 0.585. The number of allylic oxidation sites excluding steroid dienone is 3. The Morgan fingerprint density at radius 3 is 2.50 bits per heavy atom. The molecule has 1 aromatic rings. The molecule has 1 fully saturated rings. The van der Waals surface area contributed by atoms with Crippen LogP contribution in [0.25, 0.3) is 0 Å². The summed E-state index contributed by atoms with van der Waals surface area (Å²) in [7, 11) is 3.22. The largest absolute Gasteiger partial charge is 0.495 e. The predicted molar refractivity (Wildman–Crippen MR) is 121 cm³/mol. The highest BCUT2D eigenvalue weighted by Crippen LogP contribution is 2.33. The minimum Gasteiger partial charge on any atom is -0.495 e. The molecule has 1 saturated carbocycles. The summed E-state index contributed by atoms with van der Waals surface area (Å²) >= 11 is 0. The number of benzene rings is 1. The van der Waals surface area contributed by atoms with Crippen LogP contribution in [0.3, 0.4) is 0 Å². The quantitative estimate of drug-likeness (QED) is 0.420. The van der Waals surface area contributed by atoms with Crippen molar-refractivity contribution in [3.8, 4) is 5.75 Å². The molecule has 6 heteroatoms. The van der Waals surface area contributed by atoms with Gasteiger partial charge in [-0.3, -0.25) is 9.59 Å². The number of ether oxygens (including phenoxy) is 1. The molecule has 3 N–H and O–H groups in total. The van der Waals surface area contributed by atoms with E-state index in [4.69, 9.17) is 4.74 Å². The standard InChI is InChI=1S/C24H33N3O3/c1-7-10-19(26-23(28)17-13-14-17)16(4)22(18(8-2)24(29)25-5)27-21-15(3)11-9-12-20(21)30-6/h8-12,17,27H,7,13-14H2,1-6H3,(H,25,29)(H,26,28)/b18-8+,19-10-,22-16+. The smallest absolute Gasteiger partial charge is 0.252 e. The van der Waals surface area contributed by atoms with Crippen molar-refractivity contribution < 1.29 is 14.3 Å². The van der Waals surface area contributed by atoms with Gasteiger partial charge in [0.2, 0.25) is 5.91 Å². The molecule has 6 nitrogen and oxygen atoms in total. The van der Waals surface area contributed by atoms with Crippen molar-refractivity contribution in [1.82, 2.24) is 10.6 Å². The Bertz CT molecular complexity index is 893. The second kappa shape index (κ2) is 10.7. The van der Waals surface area contributed by atoms with E-state index in [1.54, 1.807) is 20.2 Å². The molecule has 1 aliphatic rings. The molecule has 0 unspecified atom stereocenters. The van der Waals surface area contributed by atoms with Crippen molar-refractivity contribution in [2.45, 2.75) is 47.0 Å². The van der Waals surface area contributed by atoms with Gasteiger partial charge in [0.15, 0.2) is 0 Å². The lowest BCUT2D eigenvalue weighted by atomic mass is 10.0. The summed E-state index contributed by atoms with van der Waals surface area (Å²) in [5, 5.41) is 9.18. The molecular formula is C24H33N3O3. The average Bonchev–Trinajstić information content (AvgIpc) is 3.59. The lowest BCUT2D eigenvalue weighted by Gasteiger charge is -2.22. The molecule has 0 aliphatic heterocycles. The van der Waals surface area contributed by atoms with E-state index in [2.05, 4.69) is 16.0 Å². The zero-order valence-corrected chi connectivity index (χ0v) is 18.8. The first-order valence-electron chi connectivity index (χ1n) is 10.4. The Labute approximate surface area is 179 Å². The molecule has 2 amide bonds. The number of rotatable bonds is 9. The molecule has 0 saturated heterocycles. The highest BCUT2D eigenvalue weighted by molar-refractivity contribution is 5.99. The number of carbonyl (C=O) groups is 2. The first kappa shape index (κ1) is 23.3. The Morgan fingerprint density at radius 2 is 1.97 bits per heavy atom. The number of carbonyl (C=O) groups excluding carboxylic acids is 2. The summed E-state index contributed by atoms with van der Waals surface area (Å²) in [6.45, 7) is 7.73. The van der Waals surface area contributed by atoms with Gasteiger partial charge in [0.25, 0.3) is 5.91 Å². The third kappa shape index (κ3) is 5.53. The average molecular weight is 412 g/mol. The molecule has 1 aromatic carbocycles. The number of methoxy groups -OCH3 is 1. The van der Waals surface area contributed by atoms with Crippen LogP contribution >= 0.6 is 0 Å². The van der Waals surface area contributed by atoms with Gasteiger partial charge in [0, 0.05) is 18.7 Å². The summed E-state index contributed by atoms with van der Waals surface area (Å²) in [6.07, 6.45) is 6.35. The Kier molecular flexibility index (Phi) is 8.27. The predicted octanol–water partition coefficient (Wildman–Crippen LogP) is 4.20. The number of amides is 2. The van der Waals surface area contributed by atoms with Gasteiger partial charge >= 0.3 is 0 Å². The summed E-state index contributed by atoms with van der Waals surface area (Å²) < 4.78 is 5.53. The molecule has 0 aromatic heterocycles. The van der Waals surface area contributed by atoms with Crippen LogP contribution in [0.5, 0.6) is 5.75 Å². The zero-order chi connectivity index (χ0) is 22.3. The van der Waals surface area contributed by atoms with Crippen molar-refractivity contribution in [3.05, 3.63) is 58.5 Å². The topological polar surface area (TPSA) is 79.5 Å². The summed E-state index contributed by atoms with van der Waals surface area (Å²) in [6, 6.07) is 5.77. The minimum atomic E-state index is -0.212. The minimum absolute atomic E-state index is 0.0313. The fraction of sp³-hybridized carbons (Fsp3) is 0.417. The van der Waals surface area contributed by atoms with Crippen LogP contribution in [0.2, 0.25) is 0 Å². The fourth-order valence-corrected chi connectivity index (χ4v) is 3.20. The number of anilines is 1.